The topological polar surface area (TPSA) is 0 Å². The van der Waals surface area contributed by atoms with Crippen molar-refractivity contribution in [2.75, 3.05) is 0 Å². The van der Waals surface area contributed by atoms with Crippen molar-refractivity contribution in [2.24, 2.45) is 0 Å². The van der Waals surface area contributed by atoms with Crippen LogP contribution in [0.15, 0.2) is 0 Å². The van der Waals surface area contributed by atoms with Gasteiger partial charge in [0.25, 0.3) is 0 Å². The summed E-state index contributed by atoms with van der Waals surface area (Å²) in [6.45, 7) is 9.00. The standard InChI is InChI=1S/C2H6.C2H5.CH3.Ar.Y/c2*1-2;;;/h1-2H3;1H2,2H3;1H3;;/q;2*-1;;. The second-order valence-electron chi connectivity index (χ2n) is 0. The predicted octanol–water partition coefficient (Wildman–Crippen LogP) is 2.31. The van der Waals surface area contributed by atoms with Crippen molar-refractivity contribution >= 4 is 0 Å². The normalized spacial score (nSPS) is 1.71. The first-order valence-corrected chi connectivity index (χ1v) is 1.71. The van der Waals surface area contributed by atoms with E-state index in [1.54, 1.807) is 6.92 Å². The van der Waals surface area contributed by atoms with Crippen LogP contribution < -0.4 is 0 Å². The van der Waals surface area contributed by atoms with Gasteiger partial charge in [-0.3, -0.25) is 0 Å². The van der Waals surface area contributed by atoms with Gasteiger partial charge in [-0.1, -0.05) is 13.8 Å². The third-order valence-electron chi connectivity index (χ3n) is 0. The Balaban J connectivity index is -0.00000000267. The van der Waals surface area contributed by atoms with Gasteiger partial charge in [-0.2, -0.15) is 6.92 Å². The van der Waals surface area contributed by atoms with E-state index in [4.69, 9.17) is 0 Å². The van der Waals surface area contributed by atoms with Gasteiger partial charge in [-0.15, -0.1) is 0 Å². The zero-order valence-electron chi connectivity index (χ0n) is 5.64. The summed E-state index contributed by atoms with van der Waals surface area (Å²) in [4.78, 5) is 0. The molecule has 0 rings (SSSR count). The monoisotopic (exact) mass is 203 g/mol. The summed E-state index contributed by atoms with van der Waals surface area (Å²) in [5.41, 5.74) is 0. The molecule has 2 heteroatoms. The van der Waals surface area contributed by atoms with Gasteiger partial charge in [0.05, 0.1) is 0 Å². The third kappa shape index (κ3) is 60.6. The maximum Gasteiger partial charge on any atom is 0 e. The largest absolute Gasteiger partial charge is 0.358 e. The van der Waals surface area contributed by atoms with Crippen LogP contribution in [0, 0.1) is 52.1 Å². The van der Waals surface area contributed by atoms with E-state index < -0.39 is 0 Å². The molecule has 0 N–H and O–H groups in total. The molecule has 0 aliphatic heterocycles. The molecule has 0 unspecified atom stereocenters. The molecule has 0 aromatic carbocycles. The maximum atomic E-state index is 3.25. The minimum absolute atomic E-state index is 0. The molecule has 0 amide bonds. The molecule has 0 nitrogen and oxygen atoms in total. The summed E-state index contributed by atoms with van der Waals surface area (Å²) in [6.07, 6.45) is 0. The first-order valence-electron chi connectivity index (χ1n) is 1.71. The van der Waals surface area contributed by atoms with Crippen LogP contribution in [0.25, 0.3) is 0 Å². The quantitative estimate of drug-likeness (QED) is 0.530. The van der Waals surface area contributed by atoms with Gasteiger partial charge in [0, 0.05) is 70.4 Å². The van der Waals surface area contributed by atoms with Crippen molar-refractivity contribution in [1.82, 2.24) is 0 Å². The van der Waals surface area contributed by atoms with Crippen molar-refractivity contribution in [2.45, 2.75) is 20.8 Å². The summed E-state index contributed by atoms with van der Waals surface area (Å²) in [7, 11) is 0. The Hall–Kier alpha value is 2.36. The van der Waals surface area contributed by atoms with Crippen LogP contribution in [-0.2, 0) is 32.7 Å². The van der Waals surface area contributed by atoms with Gasteiger partial charge in [0.15, 0.2) is 0 Å². The Bertz CT molecular complexity index is 8.04. The molecule has 0 spiro atoms. The summed E-state index contributed by atoms with van der Waals surface area (Å²) < 4.78 is 0. The second kappa shape index (κ2) is 81.2. The molecule has 0 aromatic heterocycles. The van der Waals surface area contributed by atoms with Gasteiger partial charge in [0.2, 0.25) is 0 Å². The predicted molar refractivity (Wildman–Crippen MR) is 28.8 cm³/mol. The van der Waals surface area contributed by atoms with Crippen molar-refractivity contribution in [1.29, 1.82) is 0 Å². The second-order valence-corrected chi connectivity index (χ2v) is 0. The number of hydrogen-bond donors (Lipinski definition) is 0. The minimum atomic E-state index is 0. The average Bonchev–Trinajstić information content (AvgIpc) is 1.50. The fourth-order valence-electron chi connectivity index (χ4n) is 0. The first kappa shape index (κ1) is 34.4. The molecule has 0 heterocycles. The van der Waals surface area contributed by atoms with E-state index in [1.165, 1.54) is 0 Å². The molecule has 0 fully saturated rings. The summed E-state index contributed by atoms with van der Waals surface area (Å²) in [5.74, 6) is 0. The molecule has 0 bridgehead atoms. The number of hydrogen-bond acceptors (Lipinski definition) is 0. The first-order chi connectivity index (χ1) is 2.00. The average molecular weight is 203 g/mol. The van der Waals surface area contributed by atoms with Crippen LogP contribution in [0.2, 0.25) is 0 Å². The number of rotatable bonds is 0. The molecule has 0 saturated heterocycles. The molecule has 0 atom stereocenters. The molecule has 0 aliphatic rings. The SMILES string of the molecule is CC.[Ar].[CH2-]C.[CH3-].[Y]. The van der Waals surface area contributed by atoms with E-state index in [9.17, 15) is 0 Å². The Morgan fingerprint density at radius 3 is 1.00 bits per heavy atom. The third-order valence-corrected chi connectivity index (χ3v) is 0. The van der Waals surface area contributed by atoms with E-state index in [2.05, 4.69) is 6.92 Å². The molecule has 1 radical (unpaired) electrons. The van der Waals surface area contributed by atoms with Gasteiger partial charge in [0.1, 0.15) is 0 Å². The Kier molecular flexibility index (Phi) is 399. The molecule has 7 heavy (non-hydrogen) atoms. The Morgan fingerprint density at radius 1 is 1.00 bits per heavy atom. The van der Waals surface area contributed by atoms with Crippen LogP contribution in [0.1, 0.15) is 20.8 Å². The fourth-order valence-corrected chi connectivity index (χ4v) is 0. The minimum Gasteiger partial charge on any atom is -0.358 e. The zero-order chi connectivity index (χ0) is 4.00. The van der Waals surface area contributed by atoms with E-state index in [0.29, 0.717) is 0 Å². The van der Waals surface area contributed by atoms with E-state index in [-0.39, 0.29) is 77.9 Å². The molecule has 0 aromatic rings. The Morgan fingerprint density at radius 2 is 1.00 bits per heavy atom. The zero-order valence-corrected chi connectivity index (χ0v) is 9.18. The molecule has 0 saturated carbocycles. The molecule has 0 aliphatic carbocycles. The van der Waals surface area contributed by atoms with Crippen molar-refractivity contribution in [3.8, 4) is 0 Å². The summed E-state index contributed by atoms with van der Waals surface area (Å²) >= 11 is 0. The smallest absolute Gasteiger partial charge is 0 e. The van der Waals surface area contributed by atoms with E-state index in [1.807, 2.05) is 13.8 Å². The fraction of sp³-hybridized carbons (Fsp3) is 0.600. The van der Waals surface area contributed by atoms with Crippen LogP contribution in [-0.4, -0.2) is 0 Å². The van der Waals surface area contributed by atoms with Gasteiger partial charge in [-0.05, 0) is 0 Å². The van der Waals surface area contributed by atoms with E-state index >= 15 is 0 Å². The molecular formula is C5H14ArY-2. The van der Waals surface area contributed by atoms with Gasteiger partial charge < -0.3 is 14.4 Å². The maximum absolute atomic E-state index is 3.25. The van der Waals surface area contributed by atoms with Gasteiger partial charge in [-0.25, -0.2) is 0 Å². The summed E-state index contributed by atoms with van der Waals surface area (Å²) in [5, 5.41) is 0. The van der Waals surface area contributed by atoms with Crippen molar-refractivity contribution in [3.63, 3.8) is 0 Å². The summed E-state index contributed by atoms with van der Waals surface area (Å²) in [6, 6.07) is 0. The van der Waals surface area contributed by atoms with Crippen LogP contribution in [0.3, 0.4) is 0 Å². The van der Waals surface area contributed by atoms with Crippen LogP contribution >= 0.6 is 0 Å². The van der Waals surface area contributed by atoms with Crippen LogP contribution in [0.4, 0.5) is 0 Å². The Labute approximate surface area is 104 Å². The van der Waals surface area contributed by atoms with Crippen molar-refractivity contribution < 1.29 is 70.4 Å². The molecule has 47 valence electrons. The van der Waals surface area contributed by atoms with Crippen LogP contribution in [0.5, 0.6) is 0 Å². The van der Waals surface area contributed by atoms with Crippen molar-refractivity contribution in [3.05, 3.63) is 14.4 Å². The van der Waals surface area contributed by atoms with Gasteiger partial charge >= 0.3 is 0 Å². The molecular weight excluding hydrogens is 189 g/mol. The van der Waals surface area contributed by atoms with E-state index in [0.717, 1.165) is 0 Å².